The van der Waals surface area contributed by atoms with E-state index in [0.717, 1.165) is 16.8 Å². The van der Waals surface area contributed by atoms with Crippen LogP contribution in [-0.2, 0) is 27.8 Å². The highest BCUT2D eigenvalue weighted by molar-refractivity contribution is 6.42. The highest BCUT2D eigenvalue weighted by atomic mass is 35.5. The number of nitrogens with two attached hydrogens (primary N) is 1. The predicted octanol–water partition coefficient (Wildman–Crippen LogP) is 4.71. The number of carbonyl (C=O) groups is 2. The zero-order valence-corrected chi connectivity index (χ0v) is 20.0. The van der Waals surface area contributed by atoms with Gasteiger partial charge in [0, 0.05) is 29.7 Å². The first-order valence-corrected chi connectivity index (χ1v) is 11.3. The largest absolute Gasteiger partial charge is 0.435 e. The van der Waals surface area contributed by atoms with Crippen LogP contribution in [0.15, 0.2) is 43.0 Å². The van der Waals surface area contributed by atoms with Gasteiger partial charge < -0.3 is 16.0 Å². The van der Waals surface area contributed by atoms with Gasteiger partial charge in [0.2, 0.25) is 11.8 Å². The van der Waals surface area contributed by atoms with Crippen molar-refractivity contribution in [1.29, 1.82) is 0 Å². The van der Waals surface area contributed by atoms with Crippen molar-refractivity contribution in [2.75, 3.05) is 18.4 Å². The average molecular weight is 544 g/mol. The predicted molar refractivity (Wildman–Crippen MR) is 127 cm³/mol. The van der Waals surface area contributed by atoms with Gasteiger partial charge in [-0.1, -0.05) is 29.8 Å². The maximum atomic E-state index is 15.1. The Balaban J connectivity index is 1.86. The van der Waals surface area contributed by atoms with Gasteiger partial charge in [0.05, 0.1) is 21.1 Å². The van der Waals surface area contributed by atoms with Gasteiger partial charge in [-0.3, -0.25) is 14.3 Å². The third-order valence-electron chi connectivity index (χ3n) is 5.99. The number of benzene rings is 2. The van der Waals surface area contributed by atoms with Crippen LogP contribution in [0.1, 0.15) is 17.7 Å². The van der Waals surface area contributed by atoms with Crippen LogP contribution in [0.5, 0.6) is 0 Å². The van der Waals surface area contributed by atoms with Crippen molar-refractivity contribution in [3.63, 3.8) is 0 Å². The second-order valence-electron chi connectivity index (χ2n) is 8.34. The van der Waals surface area contributed by atoms with E-state index in [2.05, 4.69) is 17.0 Å². The highest BCUT2D eigenvalue weighted by Crippen LogP contribution is 2.44. The number of nitrogens with zero attached hydrogens (tertiary/aromatic N) is 3. The lowest BCUT2D eigenvalue weighted by atomic mass is 9.87. The van der Waals surface area contributed by atoms with Gasteiger partial charge in [-0.15, -0.1) is 0 Å². The number of hydrogen-bond acceptors (Lipinski definition) is 4. The van der Waals surface area contributed by atoms with Crippen LogP contribution in [0, 0.1) is 5.82 Å². The Hall–Kier alpha value is -3.31. The maximum Gasteiger partial charge on any atom is 0.435 e. The summed E-state index contributed by atoms with van der Waals surface area (Å²) in [5, 5.41) is 6.48. The van der Waals surface area contributed by atoms with E-state index in [1.165, 1.54) is 29.2 Å². The van der Waals surface area contributed by atoms with Gasteiger partial charge in [0.15, 0.2) is 5.69 Å². The van der Waals surface area contributed by atoms with Crippen molar-refractivity contribution in [2.24, 2.45) is 5.73 Å². The summed E-state index contributed by atoms with van der Waals surface area (Å²) in [4.78, 5) is 25.2. The fraction of sp³-hybridized carbons (Fsp3) is 0.261. The Morgan fingerprint density at radius 3 is 2.61 bits per heavy atom. The van der Waals surface area contributed by atoms with Gasteiger partial charge >= 0.3 is 6.18 Å². The third-order valence-corrected chi connectivity index (χ3v) is 6.79. The highest BCUT2D eigenvalue weighted by Gasteiger charge is 2.45. The van der Waals surface area contributed by atoms with Crippen molar-refractivity contribution >= 4 is 51.6 Å². The Morgan fingerprint density at radius 2 is 1.97 bits per heavy atom. The minimum absolute atomic E-state index is 0.0118. The molecule has 0 radical (unpaired) electrons. The molecular weight excluding hydrogens is 525 g/mol. The van der Waals surface area contributed by atoms with Crippen LogP contribution in [0.25, 0.3) is 10.9 Å². The first-order valence-electron chi connectivity index (χ1n) is 10.6. The zero-order valence-electron chi connectivity index (χ0n) is 18.5. The summed E-state index contributed by atoms with van der Waals surface area (Å²) in [6.45, 7) is 3.09. The second kappa shape index (κ2) is 9.29. The van der Waals surface area contributed by atoms with E-state index in [1.54, 1.807) is 0 Å². The smallest absolute Gasteiger partial charge is 0.373 e. The van der Waals surface area contributed by atoms with Crippen molar-refractivity contribution in [1.82, 2.24) is 14.7 Å². The van der Waals surface area contributed by atoms with E-state index in [9.17, 15) is 22.8 Å². The molecule has 0 saturated carbocycles. The molecular formula is C23H19Cl2F4N5O2. The summed E-state index contributed by atoms with van der Waals surface area (Å²) in [6.07, 6.45) is -3.44. The molecule has 3 aromatic rings. The number of halogens is 6. The summed E-state index contributed by atoms with van der Waals surface area (Å²) in [6, 6.07) is 6.34. The van der Waals surface area contributed by atoms with Crippen LogP contribution in [0.4, 0.5) is 23.2 Å². The van der Waals surface area contributed by atoms with Crippen molar-refractivity contribution < 1.29 is 27.2 Å². The number of amides is 2. The number of aromatic nitrogens is 2. The summed E-state index contributed by atoms with van der Waals surface area (Å²) in [7, 11) is 0. The molecule has 2 amide bonds. The molecule has 1 aliphatic heterocycles. The molecule has 2 aromatic carbocycles. The molecule has 0 aliphatic carbocycles. The first-order chi connectivity index (χ1) is 16.9. The van der Waals surface area contributed by atoms with E-state index in [4.69, 9.17) is 28.9 Å². The number of anilines is 1. The van der Waals surface area contributed by atoms with Crippen molar-refractivity contribution in [2.45, 2.75) is 24.7 Å². The molecule has 1 fully saturated rings. The standard InChI is InChI=1S/C23H19Cl2F4N5O2/c1-2-18(36)33-8-7-22(11-33,19-15(26)6-5-14(24)20(19)25)31-12-3-4-13-16(9-12)34(10-17(30)35)32-21(13)23(27,28)29/h2-6,9,31H,1,7-8,10-11H2,(H2,30,35). The number of nitrogens with one attached hydrogen (secondary N) is 1. The summed E-state index contributed by atoms with van der Waals surface area (Å²) in [5.41, 5.74) is 3.01. The number of rotatable bonds is 6. The second-order valence-corrected chi connectivity index (χ2v) is 9.13. The van der Waals surface area contributed by atoms with Gasteiger partial charge in [0.1, 0.15) is 12.4 Å². The maximum absolute atomic E-state index is 15.1. The lowest BCUT2D eigenvalue weighted by Crippen LogP contribution is -2.41. The number of likely N-dealkylation sites (tertiary alicyclic amines) is 1. The fourth-order valence-corrected chi connectivity index (χ4v) is 4.96. The number of carbonyl (C=O) groups excluding carboxylic acids is 2. The monoisotopic (exact) mass is 543 g/mol. The van der Waals surface area contributed by atoms with E-state index in [-0.39, 0.29) is 57.6 Å². The topological polar surface area (TPSA) is 93.2 Å². The average Bonchev–Trinajstić information content (AvgIpc) is 3.38. The molecule has 13 heteroatoms. The molecule has 1 aromatic heterocycles. The molecule has 1 saturated heterocycles. The third kappa shape index (κ3) is 4.60. The van der Waals surface area contributed by atoms with Gasteiger partial charge in [-0.05, 0) is 42.8 Å². The first kappa shape index (κ1) is 25.8. The molecule has 7 nitrogen and oxygen atoms in total. The van der Waals surface area contributed by atoms with Crippen molar-refractivity contribution in [3.05, 3.63) is 70.1 Å². The zero-order chi connectivity index (χ0) is 26.4. The SMILES string of the molecule is C=CC(=O)N1CCC(Nc2ccc3c(C(F)(F)F)nn(CC(N)=O)c3c2)(c2c(F)ccc(Cl)c2Cl)C1. The van der Waals surface area contributed by atoms with Crippen LogP contribution in [0.2, 0.25) is 10.0 Å². The van der Waals surface area contributed by atoms with Crippen LogP contribution >= 0.6 is 23.2 Å². The molecule has 2 heterocycles. The van der Waals surface area contributed by atoms with E-state index < -0.39 is 35.7 Å². The minimum Gasteiger partial charge on any atom is -0.373 e. The van der Waals surface area contributed by atoms with Crippen LogP contribution < -0.4 is 11.1 Å². The molecule has 0 bridgehead atoms. The molecule has 3 N–H and O–H groups in total. The molecule has 1 unspecified atom stereocenters. The van der Waals surface area contributed by atoms with E-state index in [0.29, 0.717) is 0 Å². The number of hydrogen-bond donors (Lipinski definition) is 2. The lowest BCUT2D eigenvalue weighted by molar-refractivity contribution is -0.140. The lowest BCUT2D eigenvalue weighted by Gasteiger charge is -2.33. The summed E-state index contributed by atoms with van der Waals surface area (Å²) < 4.78 is 56.6. The molecule has 1 aliphatic rings. The summed E-state index contributed by atoms with van der Waals surface area (Å²) in [5.74, 6) is -1.95. The van der Waals surface area contributed by atoms with Gasteiger partial charge in [-0.25, -0.2) is 4.39 Å². The van der Waals surface area contributed by atoms with E-state index in [1.807, 2.05) is 0 Å². The molecule has 190 valence electrons. The van der Waals surface area contributed by atoms with E-state index >= 15 is 4.39 Å². The molecule has 1 atom stereocenters. The number of alkyl halides is 3. The fourth-order valence-electron chi connectivity index (χ4n) is 4.47. The Bertz CT molecular complexity index is 1390. The minimum atomic E-state index is -4.77. The summed E-state index contributed by atoms with van der Waals surface area (Å²) >= 11 is 12.6. The van der Waals surface area contributed by atoms with Gasteiger partial charge in [-0.2, -0.15) is 18.3 Å². The number of primary amides is 1. The Morgan fingerprint density at radius 1 is 1.25 bits per heavy atom. The van der Waals surface area contributed by atoms with Crippen molar-refractivity contribution in [3.8, 4) is 0 Å². The Labute approximate surface area is 212 Å². The quantitative estimate of drug-likeness (QED) is 0.267. The van der Waals surface area contributed by atoms with Crippen LogP contribution in [0.3, 0.4) is 0 Å². The molecule has 36 heavy (non-hydrogen) atoms. The van der Waals surface area contributed by atoms with Gasteiger partial charge in [0.25, 0.3) is 0 Å². The molecule has 4 rings (SSSR count). The van der Waals surface area contributed by atoms with Crippen LogP contribution in [-0.4, -0.2) is 39.6 Å². The number of fused-ring (bicyclic) bond motifs is 1. The normalized spacial score (nSPS) is 18.0. The Kier molecular flexibility index (Phi) is 6.65. The molecule has 0 spiro atoms.